The lowest BCUT2D eigenvalue weighted by Crippen LogP contribution is -2.33. The minimum Gasteiger partial charge on any atom is -0.497 e. The predicted octanol–water partition coefficient (Wildman–Crippen LogP) is 3.07. The first kappa shape index (κ1) is 20.7. The van der Waals surface area contributed by atoms with Crippen molar-refractivity contribution in [1.82, 2.24) is 9.80 Å². The molecule has 2 aromatic carbocycles. The Balaban J connectivity index is 1.43. The van der Waals surface area contributed by atoms with Gasteiger partial charge in [-0.3, -0.25) is 4.79 Å². The molecule has 1 fully saturated rings. The van der Waals surface area contributed by atoms with Gasteiger partial charge in [0.25, 0.3) is 0 Å². The van der Waals surface area contributed by atoms with Gasteiger partial charge in [-0.2, -0.15) is 5.26 Å². The summed E-state index contributed by atoms with van der Waals surface area (Å²) in [6.07, 6.45) is 1.41. The van der Waals surface area contributed by atoms with Crippen molar-refractivity contribution in [3.63, 3.8) is 0 Å². The molecule has 0 aromatic heterocycles. The molecule has 0 saturated carbocycles. The van der Waals surface area contributed by atoms with Crippen LogP contribution < -0.4 is 9.47 Å². The maximum Gasteiger partial charge on any atom is 0.224 e. The molecule has 0 N–H and O–H groups in total. The Kier molecular flexibility index (Phi) is 7.48. The summed E-state index contributed by atoms with van der Waals surface area (Å²) in [4.78, 5) is 16.8. The second kappa shape index (κ2) is 10.5. The quantitative estimate of drug-likeness (QED) is 0.645. The van der Waals surface area contributed by atoms with Crippen LogP contribution in [0.5, 0.6) is 11.5 Å². The zero-order valence-electron chi connectivity index (χ0n) is 16.8. The number of rotatable bonds is 8. The van der Waals surface area contributed by atoms with Crippen LogP contribution in [0.25, 0.3) is 0 Å². The zero-order valence-corrected chi connectivity index (χ0v) is 16.8. The number of hydrogen-bond donors (Lipinski definition) is 0. The van der Waals surface area contributed by atoms with E-state index in [9.17, 15) is 4.79 Å². The number of nitrogens with zero attached hydrogens (tertiary/aromatic N) is 3. The smallest absolute Gasteiger partial charge is 0.224 e. The first-order valence-corrected chi connectivity index (χ1v) is 9.94. The molecule has 3 rings (SSSR count). The molecule has 1 amide bonds. The first-order valence-electron chi connectivity index (χ1n) is 9.94. The molecule has 0 bridgehead atoms. The number of nitriles is 1. The molecule has 0 atom stereocenters. The van der Waals surface area contributed by atoms with E-state index in [0.29, 0.717) is 25.1 Å². The topological polar surface area (TPSA) is 65.8 Å². The van der Waals surface area contributed by atoms with Crippen LogP contribution in [0.15, 0.2) is 48.5 Å². The Morgan fingerprint density at radius 1 is 1.07 bits per heavy atom. The van der Waals surface area contributed by atoms with E-state index in [1.54, 1.807) is 19.2 Å². The van der Waals surface area contributed by atoms with Gasteiger partial charge in [0.2, 0.25) is 5.91 Å². The molecule has 1 heterocycles. The van der Waals surface area contributed by atoms with Crippen molar-refractivity contribution in [3.05, 3.63) is 59.7 Å². The second-order valence-corrected chi connectivity index (χ2v) is 7.10. The Morgan fingerprint density at radius 2 is 1.90 bits per heavy atom. The summed E-state index contributed by atoms with van der Waals surface area (Å²) in [5, 5.41) is 8.94. The average Bonchev–Trinajstić information content (AvgIpc) is 2.93. The largest absolute Gasteiger partial charge is 0.497 e. The van der Waals surface area contributed by atoms with Gasteiger partial charge in [-0.25, -0.2) is 0 Å². The normalized spacial score (nSPS) is 14.9. The highest BCUT2D eigenvalue weighted by molar-refractivity contribution is 5.76. The fourth-order valence-electron chi connectivity index (χ4n) is 3.43. The van der Waals surface area contributed by atoms with Crippen LogP contribution in [0.3, 0.4) is 0 Å². The van der Waals surface area contributed by atoms with E-state index in [1.165, 1.54) is 0 Å². The number of amides is 1. The van der Waals surface area contributed by atoms with Crippen LogP contribution in [0, 0.1) is 11.3 Å². The summed E-state index contributed by atoms with van der Waals surface area (Å²) in [5.74, 6) is 1.73. The lowest BCUT2D eigenvalue weighted by Gasteiger charge is -2.22. The van der Waals surface area contributed by atoms with E-state index in [1.807, 2.05) is 41.3 Å². The third-order valence-electron chi connectivity index (χ3n) is 5.04. The maximum atomic E-state index is 12.5. The molecule has 1 aliphatic rings. The highest BCUT2D eigenvalue weighted by Crippen LogP contribution is 2.16. The van der Waals surface area contributed by atoms with Crippen molar-refractivity contribution in [1.29, 1.82) is 5.26 Å². The molecule has 1 aliphatic heterocycles. The molecule has 6 nitrogen and oxygen atoms in total. The summed E-state index contributed by atoms with van der Waals surface area (Å²) < 4.78 is 11.0. The van der Waals surface area contributed by atoms with Gasteiger partial charge in [-0.15, -0.1) is 0 Å². The second-order valence-electron chi connectivity index (χ2n) is 7.10. The fourth-order valence-corrected chi connectivity index (χ4v) is 3.43. The van der Waals surface area contributed by atoms with Crippen LogP contribution in [0.4, 0.5) is 0 Å². The monoisotopic (exact) mass is 393 g/mol. The summed E-state index contributed by atoms with van der Waals surface area (Å²) in [6, 6.07) is 17.2. The minimum atomic E-state index is 0.194. The van der Waals surface area contributed by atoms with Gasteiger partial charge in [0.15, 0.2) is 0 Å². The molecule has 0 unspecified atom stereocenters. The van der Waals surface area contributed by atoms with Crippen LogP contribution in [-0.4, -0.2) is 55.6 Å². The molecule has 152 valence electrons. The van der Waals surface area contributed by atoms with E-state index in [0.717, 1.165) is 49.7 Å². The van der Waals surface area contributed by atoms with Gasteiger partial charge in [-0.05, 0) is 42.3 Å². The molecular formula is C23H27N3O3. The third-order valence-corrected chi connectivity index (χ3v) is 5.04. The number of methoxy groups -OCH3 is 1. The van der Waals surface area contributed by atoms with E-state index in [-0.39, 0.29) is 5.91 Å². The van der Waals surface area contributed by atoms with E-state index < -0.39 is 0 Å². The average molecular weight is 393 g/mol. The van der Waals surface area contributed by atoms with Gasteiger partial charge in [-0.1, -0.05) is 18.2 Å². The molecule has 29 heavy (non-hydrogen) atoms. The number of benzene rings is 2. The van der Waals surface area contributed by atoms with Crippen molar-refractivity contribution in [2.45, 2.75) is 19.4 Å². The minimum absolute atomic E-state index is 0.194. The van der Waals surface area contributed by atoms with Gasteiger partial charge in [0.1, 0.15) is 11.5 Å². The lowest BCUT2D eigenvalue weighted by molar-refractivity contribution is -0.130. The van der Waals surface area contributed by atoms with E-state index >= 15 is 0 Å². The molecular weight excluding hydrogens is 366 g/mol. The Bertz CT molecular complexity index is 862. The first-order chi connectivity index (χ1) is 14.2. The number of hydrogen-bond acceptors (Lipinski definition) is 5. The standard InChI is InChI=1S/C23H27N3O3/c1-28-21-7-3-6-20(16-21)18-26-13-12-25(11-9-23(26)27)10-4-14-29-22-8-2-5-19(15-22)17-24/h2-3,5-8,15-16H,4,9-14,18H2,1H3. The third kappa shape index (κ3) is 6.23. The van der Waals surface area contributed by atoms with Crippen molar-refractivity contribution in [2.75, 3.05) is 39.9 Å². The Morgan fingerprint density at radius 3 is 2.72 bits per heavy atom. The van der Waals surface area contributed by atoms with Crippen LogP contribution in [-0.2, 0) is 11.3 Å². The lowest BCUT2D eigenvalue weighted by atomic mass is 10.2. The molecule has 0 aliphatic carbocycles. The number of carbonyl (C=O) groups is 1. The summed E-state index contributed by atoms with van der Waals surface area (Å²) in [5.41, 5.74) is 1.68. The number of ether oxygens (including phenoxy) is 2. The molecule has 0 radical (unpaired) electrons. The summed E-state index contributed by atoms with van der Waals surface area (Å²) >= 11 is 0. The summed E-state index contributed by atoms with van der Waals surface area (Å²) in [7, 11) is 1.65. The van der Waals surface area contributed by atoms with Crippen molar-refractivity contribution in [2.24, 2.45) is 0 Å². The van der Waals surface area contributed by atoms with Crippen LogP contribution in [0.1, 0.15) is 24.0 Å². The molecule has 6 heteroatoms. The molecule has 2 aromatic rings. The van der Waals surface area contributed by atoms with Gasteiger partial charge in [0, 0.05) is 39.1 Å². The zero-order chi connectivity index (χ0) is 20.5. The van der Waals surface area contributed by atoms with Gasteiger partial charge in [0.05, 0.1) is 25.3 Å². The van der Waals surface area contributed by atoms with Crippen molar-refractivity contribution >= 4 is 5.91 Å². The maximum absolute atomic E-state index is 12.5. The van der Waals surface area contributed by atoms with E-state index in [4.69, 9.17) is 14.7 Å². The summed E-state index contributed by atoms with van der Waals surface area (Å²) in [6.45, 7) is 4.45. The van der Waals surface area contributed by atoms with Crippen molar-refractivity contribution in [3.8, 4) is 17.6 Å². The number of carbonyl (C=O) groups excluding carboxylic acids is 1. The fraction of sp³-hybridized carbons (Fsp3) is 0.391. The highest BCUT2D eigenvalue weighted by atomic mass is 16.5. The Hall–Kier alpha value is -3.04. The molecule has 1 saturated heterocycles. The predicted molar refractivity (Wildman–Crippen MR) is 111 cm³/mol. The van der Waals surface area contributed by atoms with Crippen LogP contribution >= 0.6 is 0 Å². The van der Waals surface area contributed by atoms with Gasteiger partial charge >= 0.3 is 0 Å². The molecule has 0 spiro atoms. The van der Waals surface area contributed by atoms with Gasteiger partial charge < -0.3 is 19.3 Å². The highest BCUT2D eigenvalue weighted by Gasteiger charge is 2.20. The van der Waals surface area contributed by atoms with Crippen LogP contribution in [0.2, 0.25) is 0 Å². The van der Waals surface area contributed by atoms with E-state index in [2.05, 4.69) is 11.0 Å². The SMILES string of the molecule is COc1cccc(CN2CCN(CCCOc3cccc(C#N)c3)CCC2=O)c1. The van der Waals surface area contributed by atoms with Crippen molar-refractivity contribution < 1.29 is 14.3 Å². The Labute approximate surface area is 172 Å².